The number of halogens is 1. The molecule has 0 N–H and O–H groups in total. The molecule has 0 aliphatic rings. The Hall–Kier alpha value is -0.600. The molecule has 0 saturated heterocycles. The predicted octanol–water partition coefficient (Wildman–Crippen LogP) is 1.69. The zero-order chi connectivity index (χ0) is 7.82. The van der Waals surface area contributed by atoms with E-state index >= 15 is 0 Å². The van der Waals surface area contributed by atoms with E-state index in [1.165, 1.54) is 0 Å². The molecule has 0 spiro atoms. The van der Waals surface area contributed by atoms with E-state index in [2.05, 4.69) is 4.74 Å². The lowest BCUT2D eigenvalue weighted by atomic mass is 10.2. The monoisotopic (exact) mass is 148 g/mol. The second-order valence-corrected chi connectivity index (χ2v) is 2.01. The molecule has 0 rings (SSSR count). The second kappa shape index (κ2) is 6.52. The molecule has 0 fully saturated rings. The maximum absolute atomic E-state index is 11.4. The quantitative estimate of drug-likeness (QED) is 0.554. The van der Waals surface area contributed by atoms with Crippen LogP contribution in [0.5, 0.6) is 0 Å². The van der Waals surface area contributed by atoms with E-state index in [0.29, 0.717) is 6.42 Å². The first-order valence-corrected chi connectivity index (χ1v) is 3.52. The maximum Gasteiger partial charge on any atom is 0.305 e. The van der Waals surface area contributed by atoms with Crippen LogP contribution in [0.1, 0.15) is 26.2 Å². The van der Waals surface area contributed by atoms with E-state index in [1.54, 1.807) is 0 Å². The van der Waals surface area contributed by atoms with Crippen molar-refractivity contribution < 1.29 is 13.9 Å². The van der Waals surface area contributed by atoms with E-state index in [0.717, 1.165) is 12.8 Å². The summed E-state index contributed by atoms with van der Waals surface area (Å²) in [5, 5.41) is 0. The number of alkyl halides is 1. The molecule has 0 atom stereocenters. The molecular formula is C7H13FO2. The van der Waals surface area contributed by atoms with Crippen LogP contribution in [0.25, 0.3) is 0 Å². The number of carbonyl (C=O) groups is 1. The van der Waals surface area contributed by atoms with Crippen molar-refractivity contribution in [2.24, 2.45) is 0 Å². The van der Waals surface area contributed by atoms with Gasteiger partial charge in [0.2, 0.25) is 0 Å². The van der Waals surface area contributed by atoms with E-state index in [1.807, 2.05) is 6.92 Å². The minimum absolute atomic E-state index is 0.0947. The third-order valence-electron chi connectivity index (χ3n) is 1.07. The van der Waals surface area contributed by atoms with Crippen molar-refractivity contribution >= 4 is 5.97 Å². The van der Waals surface area contributed by atoms with Gasteiger partial charge in [0.05, 0.1) is 0 Å². The van der Waals surface area contributed by atoms with Crippen LogP contribution in [0.15, 0.2) is 0 Å². The fourth-order valence-corrected chi connectivity index (χ4v) is 0.546. The minimum atomic E-state index is -0.585. The number of unbranched alkanes of at least 4 members (excludes halogenated alkanes) is 1. The van der Waals surface area contributed by atoms with Gasteiger partial charge < -0.3 is 4.74 Å². The highest BCUT2D eigenvalue weighted by Crippen LogP contribution is 1.95. The van der Waals surface area contributed by atoms with Crippen molar-refractivity contribution in [3.8, 4) is 0 Å². The molecule has 0 aliphatic heterocycles. The zero-order valence-corrected chi connectivity index (χ0v) is 6.23. The lowest BCUT2D eigenvalue weighted by molar-refractivity contribution is -0.144. The third kappa shape index (κ3) is 5.54. The topological polar surface area (TPSA) is 26.3 Å². The summed E-state index contributed by atoms with van der Waals surface area (Å²) in [6.45, 7) is 1.31. The van der Waals surface area contributed by atoms with Crippen LogP contribution in [0.2, 0.25) is 0 Å². The van der Waals surface area contributed by atoms with Gasteiger partial charge in [-0.15, -0.1) is 0 Å². The number of hydrogen-bond acceptors (Lipinski definition) is 2. The molecule has 0 heterocycles. The van der Waals surface area contributed by atoms with Gasteiger partial charge in [0.1, 0.15) is 13.3 Å². The van der Waals surface area contributed by atoms with E-state index in [-0.39, 0.29) is 12.6 Å². The molecule has 3 heteroatoms. The first kappa shape index (κ1) is 9.40. The third-order valence-corrected chi connectivity index (χ3v) is 1.07. The number of hydrogen-bond donors (Lipinski definition) is 0. The average molecular weight is 148 g/mol. The number of esters is 1. The van der Waals surface area contributed by atoms with Gasteiger partial charge in [-0.1, -0.05) is 13.3 Å². The van der Waals surface area contributed by atoms with E-state index < -0.39 is 6.67 Å². The van der Waals surface area contributed by atoms with E-state index in [9.17, 15) is 9.18 Å². The van der Waals surface area contributed by atoms with Crippen molar-refractivity contribution in [3.05, 3.63) is 0 Å². The first-order valence-electron chi connectivity index (χ1n) is 3.52. The minimum Gasteiger partial charge on any atom is -0.463 e. The Balaban J connectivity index is 3.09. The summed E-state index contributed by atoms with van der Waals surface area (Å²) in [5.74, 6) is -0.292. The molecular weight excluding hydrogens is 135 g/mol. The van der Waals surface area contributed by atoms with Crippen molar-refractivity contribution in [1.29, 1.82) is 0 Å². The molecule has 0 amide bonds. The maximum atomic E-state index is 11.4. The molecule has 0 bridgehead atoms. The van der Waals surface area contributed by atoms with Gasteiger partial charge in [-0.3, -0.25) is 4.79 Å². The molecule has 10 heavy (non-hydrogen) atoms. The van der Waals surface area contributed by atoms with Crippen molar-refractivity contribution in [1.82, 2.24) is 0 Å². The van der Waals surface area contributed by atoms with E-state index in [4.69, 9.17) is 0 Å². The fraction of sp³-hybridized carbons (Fsp3) is 0.857. The Morgan fingerprint density at radius 2 is 2.30 bits per heavy atom. The highest BCUT2D eigenvalue weighted by molar-refractivity contribution is 5.69. The second-order valence-electron chi connectivity index (χ2n) is 2.01. The van der Waals surface area contributed by atoms with Crippen LogP contribution < -0.4 is 0 Å². The van der Waals surface area contributed by atoms with Crippen molar-refractivity contribution in [3.63, 3.8) is 0 Å². The zero-order valence-electron chi connectivity index (χ0n) is 6.23. The molecule has 0 saturated carbocycles. The first-order chi connectivity index (χ1) is 4.81. The summed E-state index contributed by atoms with van der Waals surface area (Å²) in [6, 6.07) is 0. The normalized spacial score (nSPS) is 9.40. The molecule has 2 nitrogen and oxygen atoms in total. The Morgan fingerprint density at radius 1 is 1.60 bits per heavy atom. The highest BCUT2D eigenvalue weighted by atomic mass is 19.1. The summed E-state index contributed by atoms with van der Waals surface area (Å²) in [5.41, 5.74) is 0. The van der Waals surface area contributed by atoms with Crippen LogP contribution in [0.3, 0.4) is 0 Å². The number of carbonyl (C=O) groups excluding carboxylic acids is 1. The summed E-state index contributed by atoms with van der Waals surface area (Å²) < 4.78 is 15.9. The van der Waals surface area contributed by atoms with Crippen LogP contribution in [0.4, 0.5) is 4.39 Å². The Labute approximate surface area is 60.4 Å². The molecule has 0 unspecified atom stereocenters. The summed E-state index contributed by atoms with van der Waals surface area (Å²) in [7, 11) is 0. The summed E-state index contributed by atoms with van der Waals surface area (Å²) in [4.78, 5) is 10.6. The lowest BCUT2D eigenvalue weighted by Crippen LogP contribution is -2.06. The molecule has 0 aromatic rings. The number of rotatable bonds is 5. The van der Waals surface area contributed by atoms with Crippen LogP contribution >= 0.6 is 0 Å². The van der Waals surface area contributed by atoms with Crippen molar-refractivity contribution in [2.75, 3.05) is 13.3 Å². The smallest absolute Gasteiger partial charge is 0.305 e. The Kier molecular flexibility index (Phi) is 6.13. The SMILES string of the molecule is CCCCC(=O)OCCF. The molecule has 0 aliphatic carbocycles. The average Bonchev–Trinajstić information content (AvgIpc) is 1.97. The van der Waals surface area contributed by atoms with Gasteiger partial charge >= 0.3 is 5.97 Å². The van der Waals surface area contributed by atoms with Crippen molar-refractivity contribution in [2.45, 2.75) is 26.2 Å². The van der Waals surface area contributed by atoms with Crippen LogP contribution in [0, 0.1) is 0 Å². The van der Waals surface area contributed by atoms with Gasteiger partial charge in [0.15, 0.2) is 0 Å². The highest BCUT2D eigenvalue weighted by Gasteiger charge is 1.99. The molecule has 60 valence electrons. The number of ether oxygens (including phenoxy) is 1. The molecule has 0 aromatic heterocycles. The fourth-order valence-electron chi connectivity index (χ4n) is 0.546. The van der Waals surface area contributed by atoms with Gasteiger partial charge in [0, 0.05) is 6.42 Å². The van der Waals surface area contributed by atoms with Crippen LogP contribution in [-0.2, 0) is 9.53 Å². The Morgan fingerprint density at radius 3 is 2.80 bits per heavy atom. The van der Waals surface area contributed by atoms with Crippen LogP contribution in [-0.4, -0.2) is 19.3 Å². The molecule has 0 aromatic carbocycles. The van der Waals surface area contributed by atoms with Gasteiger partial charge in [-0.2, -0.15) is 0 Å². The largest absolute Gasteiger partial charge is 0.463 e. The lowest BCUT2D eigenvalue weighted by Gasteiger charge is -1.99. The summed E-state index contributed by atoms with van der Waals surface area (Å²) in [6.07, 6.45) is 2.20. The van der Waals surface area contributed by atoms with Gasteiger partial charge in [0.25, 0.3) is 0 Å². The van der Waals surface area contributed by atoms with Gasteiger partial charge in [-0.25, -0.2) is 4.39 Å². The molecule has 0 radical (unpaired) electrons. The van der Waals surface area contributed by atoms with Gasteiger partial charge in [-0.05, 0) is 6.42 Å². The Bertz CT molecular complexity index is 83.6. The predicted molar refractivity (Wildman–Crippen MR) is 36.5 cm³/mol. The summed E-state index contributed by atoms with van der Waals surface area (Å²) >= 11 is 0. The standard InChI is InChI=1S/C7H13FO2/c1-2-3-4-7(9)10-6-5-8/h2-6H2,1H3.